The van der Waals surface area contributed by atoms with Crippen molar-refractivity contribution < 1.29 is 13.6 Å². The van der Waals surface area contributed by atoms with E-state index < -0.39 is 11.7 Å². The number of halogens is 2. The van der Waals surface area contributed by atoms with Crippen molar-refractivity contribution in [1.82, 2.24) is 10.2 Å². The summed E-state index contributed by atoms with van der Waals surface area (Å²) in [6.07, 6.45) is 1.41. The summed E-state index contributed by atoms with van der Waals surface area (Å²) < 4.78 is 19.1. The van der Waals surface area contributed by atoms with Gasteiger partial charge in [-0.25, -0.2) is 4.39 Å². The molecule has 25 heavy (non-hydrogen) atoms. The first kappa shape index (κ1) is 17.1. The summed E-state index contributed by atoms with van der Waals surface area (Å²) in [6, 6.07) is 11.9. The van der Waals surface area contributed by atoms with Crippen molar-refractivity contribution in [2.75, 3.05) is 5.32 Å². The number of hydrogen-bond acceptors (Lipinski definition) is 4. The van der Waals surface area contributed by atoms with Crippen LogP contribution in [-0.4, -0.2) is 16.1 Å². The van der Waals surface area contributed by atoms with Crippen molar-refractivity contribution in [3.8, 4) is 0 Å². The van der Waals surface area contributed by atoms with E-state index in [9.17, 15) is 9.18 Å². The molecule has 0 aliphatic carbocycles. The minimum absolute atomic E-state index is 0.00764. The predicted molar refractivity (Wildman–Crippen MR) is 92.3 cm³/mol. The summed E-state index contributed by atoms with van der Waals surface area (Å²) >= 11 is 5.86. The Balaban J connectivity index is 1.70. The maximum atomic E-state index is 13.7. The molecule has 0 atom stereocenters. The van der Waals surface area contributed by atoms with Gasteiger partial charge in [-0.15, -0.1) is 5.10 Å². The van der Waals surface area contributed by atoms with Gasteiger partial charge >= 0.3 is 6.01 Å². The van der Waals surface area contributed by atoms with Crippen molar-refractivity contribution in [3.05, 3.63) is 75.9 Å². The Kier molecular flexibility index (Phi) is 5.09. The number of carbonyl (C=O) groups excluding carboxylic acids is 1. The van der Waals surface area contributed by atoms with Crippen LogP contribution < -0.4 is 5.32 Å². The Labute approximate surface area is 148 Å². The SMILES string of the molecule is CCc1ccc(Cc2nnc(NC(=O)c3c(F)cccc3Cl)o2)cc1. The van der Waals surface area contributed by atoms with Crippen LogP contribution in [0.15, 0.2) is 46.9 Å². The molecule has 1 aromatic heterocycles. The summed E-state index contributed by atoms with van der Waals surface area (Å²) in [6.45, 7) is 2.09. The van der Waals surface area contributed by atoms with E-state index in [4.69, 9.17) is 16.0 Å². The molecule has 128 valence electrons. The Hall–Kier alpha value is -2.73. The fourth-order valence-corrected chi connectivity index (χ4v) is 2.57. The Morgan fingerprint density at radius 2 is 1.88 bits per heavy atom. The topological polar surface area (TPSA) is 68.0 Å². The van der Waals surface area contributed by atoms with Crippen molar-refractivity contribution in [2.24, 2.45) is 0 Å². The second-order valence-electron chi connectivity index (χ2n) is 5.40. The van der Waals surface area contributed by atoms with Crippen LogP contribution in [0.25, 0.3) is 0 Å². The molecule has 0 spiro atoms. The van der Waals surface area contributed by atoms with Crippen LogP contribution in [0.4, 0.5) is 10.4 Å². The lowest BCUT2D eigenvalue weighted by atomic mass is 10.1. The van der Waals surface area contributed by atoms with Gasteiger partial charge in [-0.3, -0.25) is 10.1 Å². The number of nitrogens with one attached hydrogen (secondary N) is 1. The molecule has 0 radical (unpaired) electrons. The lowest BCUT2D eigenvalue weighted by Gasteiger charge is -2.04. The molecular weight excluding hydrogens is 345 g/mol. The molecule has 0 aliphatic heterocycles. The highest BCUT2D eigenvalue weighted by Gasteiger charge is 2.18. The van der Waals surface area contributed by atoms with Crippen molar-refractivity contribution in [1.29, 1.82) is 0 Å². The van der Waals surface area contributed by atoms with Gasteiger partial charge in [-0.05, 0) is 29.7 Å². The average molecular weight is 360 g/mol. The van der Waals surface area contributed by atoms with Crippen molar-refractivity contribution in [3.63, 3.8) is 0 Å². The van der Waals surface area contributed by atoms with E-state index in [-0.39, 0.29) is 16.6 Å². The summed E-state index contributed by atoms with van der Waals surface area (Å²) in [5, 5.41) is 10.0. The van der Waals surface area contributed by atoms with Gasteiger partial charge in [-0.1, -0.05) is 54.0 Å². The van der Waals surface area contributed by atoms with Gasteiger partial charge in [0.2, 0.25) is 5.89 Å². The summed E-state index contributed by atoms with van der Waals surface area (Å²) in [4.78, 5) is 12.1. The molecule has 2 aromatic carbocycles. The predicted octanol–water partition coefficient (Wildman–Crippen LogP) is 4.27. The molecule has 0 aliphatic rings. The van der Waals surface area contributed by atoms with Crippen LogP contribution in [0.2, 0.25) is 5.02 Å². The highest BCUT2D eigenvalue weighted by atomic mass is 35.5. The van der Waals surface area contributed by atoms with Gasteiger partial charge in [0.25, 0.3) is 5.91 Å². The molecule has 1 heterocycles. The van der Waals surface area contributed by atoms with Crippen molar-refractivity contribution >= 4 is 23.5 Å². The van der Waals surface area contributed by atoms with E-state index in [0.29, 0.717) is 12.3 Å². The highest BCUT2D eigenvalue weighted by Crippen LogP contribution is 2.20. The van der Waals surface area contributed by atoms with Gasteiger partial charge in [0.15, 0.2) is 0 Å². The largest absolute Gasteiger partial charge is 0.407 e. The van der Waals surface area contributed by atoms with E-state index in [1.807, 2.05) is 24.3 Å². The van der Waals surface area contributed by atoms with E-state index in [2.05, 4.69) is 22.4 Å². The van der Waals surface area contributed by atoms with Crippen LogP contribution in [0.5, 0.6) is 0 Å². The van der Waals surface area contributed by atoms with Gasteiger partial charge in [-0.2, -0.15) is 0 Å². The number of nitrogens with zero attached hydrogens (tertiary/aromatic N) is 2. The van der Waals surface area contributed by atoms with E-state index in [0.717, 1.165) is 18.1 Å². The minimum Gasteiger partial charge on any atom is -0.407 e. The molecule has 3 aromatic rings. The molecule has 3 rings (SSSR count). The normalized spacial score (nSPS) is 10.7. The third-order valence-corrected chi connectivity index (χ3v) is 3.98. The molecule has 0 saturated carbocycles. The minimum atomic E-state index is -0.745. The maximum Gasteiger partial charge on any atom is 0.322 e. The standard InChI is InChI=1S/C18H15ClFN3O2/c1-2-11-6-8-12(9-7-11)10-15-22-23-18(25-15)21-17(24)16-13(19)4-3-5-14(16)20/h3-9H,2,10H2,1H3,(H,21,23,24). The second kappa shape index (κ2) is 7.44. The number of aromatic nitrogens is 2. The second-order valence-corrected chi connectivity index (χ2v) is 5.81. The average Bonchev–Trinajstić information content (AvgIpc) is 3.02. The Bertz CT molecular complexity index is 873. The van der Waals surface area contributed by atoms with Gasteiger partial charge in [0.05, 0.1) is 17.0 Å². The molecular formula is C18H15ClFN3O2. The highest BCUT2D eigenvalue weighted by molar-refractivity contribution is 6.34. The first-order valence-corrected chi connectivity index (χ1v) is 8.10. The first-order chi connectivity index (χ1) is 12.1. The van der Waals surface area contributed by atoms with Crippen LogP contribution in [0.1, 0.15) is 34.3 Å². The van der Waals surface area contributed by atoms with Crippen LogP contribution >= 0.6 is 11.6 Å². The fourth-order valence-electron chi connectivity index (χ4n) is 2.32. The quantitative estimate of drug-likeness (QED) is 0.738. The summed E-state index contributed by atoms with van der Waals surface area (Å²) in [7, 11) is 0. The van der Waals surface area contributed by atoms with E-state index in [1.165, 1.54) is 17.7 Å². The molecule has 0 unspecified atom stereocenters. The summed E-state index contributed by atoms with van der Waals surface area (Å²) in [5.74, 6) is -1.12. The number of carbonyl (C=O) groups is 1. The number of anilines is 1. The van der Waals surface area contributed by atoms with E-state index >= 15 is 0 Å². The number of hydrogen-bond donors (Lipinski definition) is 1. The number of benzene rings is 2. The van der Waals surface area contributed by atoms with Crippen LogP contribution in [-0.2, 0) is 12.8 Å². The molecule has 0 bridgehead atoms. The third kappa shape index (κ3) is 4.03. The van der Waals surface area contributed by atoms with E-state index in [1.54, 1.807) is 0 Å². The first-order valence-electron chi connectivity index (χ1n) is 7.72. The zero-order chi connectivity index (χ0) is 17.8. The molecule has 1 N–H and O–H groups in total. The van der Waals surface area contributed by atoms with Gasteiger partial charge in [0.1, 0.15) is 5.82 Å². The van der Waals surface area contributed by atoms with Gasteiger partial charge < -0.3 is 4.42 Å². The third-order valence-electron chi connectivity index (χ3n) is 3.66. The fraction of sp³-hybridized carbons (Fsp3) is 0.167. The number of rotatable bonds is 5. The summed E-state index contributed by atoms with van der Waals surface area (Å²) in [5.41, 5.74) is 1.99. The number of aryl methyl sites for hydroxylation is 1. The number of amides is 1. The van der Waals surface area contributed by atoms with Crippen molar-refractivity contribution in [2.45, 2.75) is 19.8 Å². The van der Waals surface area contributed by atoms with Crippen LogP contribution in [0.3, 0.4) is 0 Å². The zero-order valence-electron chi connectivity index (χ0n) is 13.4. The molecule has 7 heteroatoms. The molecule has 0 fully saturated rings. The zero-order valence-corrected chi connectivity index (χ0v) is 14.2. The maximum absolute atomic E-state index is 13.7. The Morgan fingerprint density at radius 3 is 2.56 bits per heavy atom. The van der Waals surface area contributed by atoms with Crippen LogP contribution in [0, 0.1) is 5.82 Å². The molecule has 0 saturated heterocycles. The Morgan fingerprint density at radius 1 is 1.16 bits per heavy atom. The molecule has 5 nitrogen and oxygen atoms in total. The monoisotopic (exact) mass is 359 g/mol. The smallest absolute Gasteiger partial charge is 0.322 e. The molecule has 1 amide bonds. The lowest BCUT2D eigenvalue weighted by Crippen LogP contribution is -2.14. The van der Waals surface area contributed by atoms with Gasteiger partial charge in [0, 0.05) is 0 Å². The lowest BCUT2D eigenvalue weighted by molar-refractivity contribution is 0.102.